The predicted octanol–water partition coefficient (Wildman–Crippen LogP) is 0.756. The Bertz CT molecular complexity index is 421. The van der Waals surface area contributed by atoms with Crippen LogP contribution in [-0.4, -0.2) is 37.7 Å². The van der Waals surface area contributed by atoms with Gasteiger partial charge in [-0.05, 0) is 19.1 Å². The zero-order valence-corrected chi connectivity index (χ0v) is 11.1. The van der Waals surface area contributed by atoms with Gasteiger partial charge in [0.2, 0.25) is 6.35 Å². The second-order valence-corrected chi connectivity index (χ2v) is 4.06. The maximum absolute atomic E-state index is 5.81. The van der Waals surface area contributed by atoms with Gasteiger partial charge in [0, 0.05) is 19.1 Å². The monoisotopic (exact) mass is 261 g/mol. The van der Waals surface area contributed by atoms with Crippen LogP contribution in [0.4, 0.5) is 0 Å². The van der Waals surface area contributed by atoms with E-state index >= 15 is 0 Å². The largest absolute Gasteiger partial charge is 0.456 e. The Morgan fingerprint density at radius 2 is 2.00 bits per heavy atom. The van der Waals surface area contributed by atoms with Crippen LogP contribution in [-0.2, 0) is 4.74 Å². The highest BCUT2D eigenvalue weighted by Crippen LogP contribution is 2.09. The van der Waals surface area contributed by atoms with E-state index in [-0.39, 0.29) is 6.35 Å². The topological polar surface area (TPSA) is 45.8 Å². The van der Waals surface area contributed by atoms with Gasteiger partial charge in [-0.2, -0.15) is 5.43 Å². The normalized spacial score (nSPS) is 17.1. The summed E-state index contributed by atoms with van der Waals surface area (Å²) >= 11 is 0. The van der Waals surface area contributed by atoms with Crippen LogP contribution < -0.4 is 15.5 Å². The predicted molar refractivity (Wildman–Crippen MR) is 73.0 cm³/mol. The van der Waals surface area contributed by atoms with Crippen molar-refractivity contribution >= 4 is 0 Å². The smallest absolute Gasteiger partial charge is 0.246 e. The summed E-state index contributed by atoms with van der Waals surface area (Å²) < 4.78 is 11.1. The van der Waals surface area contributed by atoms with Gasteiger partial charge in [0.25, 0.3) is 0 Å². The lowest BCUT2D eigenvalue weighted by molar-refractivity contribution is -0.0297. The highest BCUT2D eigenvalue weighted by Gasteiger charge is 2.16. The summed E-state index contributed by atoms with van der Waals surface area (Å²) in [6, 6.07) is 12.5. The molecule has 0 aromatic heterocycles. The van der Waals surface area contributed by atoms with Gasteiger partial charge in [-0.1, -0.05) is 24.1 Å². The van der Waals surface area contributed by atoms with Crippen LogP contribution in [0.1, 0.15) is 6.92 Å². The molecular weight excluding hydrogens is 242 g/mol. The second kappa shape index (κ2) is 7.64. The number of nitrogens with zero attached hydrogens (tertiary/aromatic N) is 1. The summed E-state index contributed by atoms with van der Waals surface area (Å²) in [5.74, 6) is 3.59. The third kappa shape index (κ3) is 4.79. The Morgan fingerprint density at radius 3 is 2.68 bits per heavy atom. The van der Waals surface area contributed by atoms with E-state index in [1.54, 1.807) is 6.92 Å². The van der Waals surface area contributed by atoms with Gasteiger partial charge in [-0.15, -0.1) is 0 Å². The first kappa shape index (κ1) is 13.7. The molecule has 5 nitrogen and oxygen atoms in total. The Labute approximate surface area is 113 Å². The minimum Gasteiger partial charge on any atom is -0.456 e. The first-order valence-corrected chi connectivity index (χ1v) is 6.36. The van der Waals surface area contributed by atoms with Crippen LogP contribution in [0.3, 0.4) is 0 Å². The molecule has 1 saturated heterocycles. The molecule has 5 heteroatoms. The third-order valence-electron chi connectivity index (χ3n) is 2.64. The van der Waals surface area contributed by atoms with Gasteiger partial charge in [-0.25, -0.2) is 5.01 Å². The molecule has 1 aliphatic heterocycles. The molecule has 1 aromatic carbocycles. The number of ether oxygens (including phenoxy) is 2. The van der Waals surface area contributed by atoms with Gasteiger partial charge in [0.15, 0.2) is 0 Å². The fourth-order valence-corrected chi connectivity index (χ4v) is 1.72. The Kier molecular flexibility index (Phi) is 5.50. The summed E-state index contributed by atoms with van der Waals surface area (Å²) in [6.45, 7) is 4.89. The van der Waals surface area contributed by atoms with Gasteiger partial charge >= 0.3 is 0 Å². The van der Waals surface area contributed by atoms with Crippen LogP contribution in [0.5, 0.6) is 5.75 Å². The van der Waals surface area contributed by atoms with E-state index in [2.05, 4.69) is 27.7 Å². The number of rotatable bonds is 5. The van der Waals surface area contributed by atoms with Gasteiger partial charge in [0.1, 0.15) is 5.75 Å². The number of benzene rings is 1. The lowest BCUT2D eigenvalue weighted by Gasteiger charge is -2.31. The van der Waals surface area contributed by atoms with Crippen molar-refractivity contribution in [3.63, 3.8) is 0 Å². The van der Waals surface area contributed by atoms with Crippen molar-refractivity contribution in [3.8, 4) is 17.7 Å². The van der Waals surface area contributed by atoms with Crippen LogP contribution in [0.15, 0.2) is 30.3 Å². The minimum absolute atomic E-state index is 0.382. The molecule has 1 unspecified atom stereocenters. The lowest BCUT2D eigenvalue weighted by Crippen LogP contribution is -2.56. The van der Waals surface area contributed by atoms with E-state index in [0.29, 0.717) is 0 Å². The van der Waals surface area contributed by atoms with Crippen LogP contribution >= 0.6 is 0 Å². The molecule has 1 aromatic rings. The summed E-state index contributed by atoms with van der Waals surface area (Å²) in [6.07, 6.45) is -0.382. The number of para-hydroxylation sites is 1. The molecule has 19 heavy (non-hydrogen) atoms. The molecule has 1 heterocycles. The third-order valence-corrected chi connectivity index (χ3v) is 2.64. The van der Waals surface area contributed by atoms with Crippen molar-refractivity contribution in [2.75, 3.05) is 26.3 Å². The second-order valence-electron chi connectivity index (χ2n) is 4.06. The maximum atomic E-state index is 5.81. The summed E-state index contributed by atoms with van der Waals surface area (Å²) in [5.41, 5.74) is 3.26. The van der Waals surface area contributed by atoms with E-state index in [1.165, 1.54) is 0 Å². The van der Waals surface area contributed by atoms with E-state index in [4.69, 9.17) is 9.47 Å². The summed E-state index contributed by atoms with van der Waals surface area (Å²) in [5, 5.41) is 5.06. The molecule has 102 valence electrons. The van der Waals surface area contributed by atoms with E-state index in [0.717, 1.165) is 32.1 Å². The minimum atomic E-state index is -0.382. The lowest BCUT2D eigenvalue weighted by atomic mass is 10.3. The molecule has 0 bridgehead atoms. The Morgan fingerprint density at radius 1 is 1.26 bits per heavy atom. The summed E-state index contributed by atoms with van der Waals surface area (Å²) in [4.78, 5) is 0. The molecule has 1 fully saturated rings. The molecule has 1 atom stereocenters. The number of hydrogen-bond acceptors (Lipinski definition) is 5. The van der Waals surface area contributed by atoms with Crippen molar-refractivity contribution in [1.82, 2.24) is 15.8 Å². The fraction of sp³-hybridized carbons (Fsp3) is 0.429. The first-order chi connectivity index (χ1) is 9.38. The average Bonchev–Trinajstić information content (AvgIpc) is 2.47. The van der Waals surface area contributed by atoms with Crippen LogP contribution in [0.2, 0.25) is 0 Å². The molecule has 0 spiro atoms. The molecule has 2 rings (SSSR count). The van der Waals surface area contributed by atoms with Crippen LogP contribution in [0.25, 0.3) is 0 Å². The molecular formula is C14H19N3O2. The fourth-order valence-electron chi connectivity index (χ4n) is 1.72. The van der Waals surface area contributed by atoms with Crippen molar-refractivity contribution < 1.29 is 9.47 Å². The average molecular weight is 261 g/mol. The van der Waals surface area contributed by atoms with Gasteiger partial charge in [-0.3, -0.25) is 5.32 Å². The van der Waals surface area contributed by atoms with E-state index in [1.807, 2.05) is 30.3 Å². The quantitative estimate of drug-likeness (QED) is 0.465. The molecule has 0 saturated carbocycles. The highest BCUT2D eigenvalue weighted by atomic mass is 16.5. The molecule has 0 aliphatic carbocycles. The van der Waals surface area contributed by atoms with Crippen molar-refractivity contribution in [2.45, 2.75) is 13.3 Å². The number of morpholine rings is 1. The number of hydrogen-bond donors (Lipinski definition) is 2. The van der Waals surface area contributed by atoms with E-state index < -0.39 is 0 Å². The van der Waals surface area contributed by atoms with Gasteiger partial charge < -0.3 is 9.47 Å². The molecule has 1 aliphatic rings. The van der Waals surface area contributed by atoms with Crippen molar-refractivity contribution in [3.05, 3.63) is 30.3 Å². The number of nitrogens with one attached hydrogen (secondary N) is 2. The highest BCUT2D eigenvalue weighted by molar-refractivity contribution is 5.21. The van der Waals surface area contributed by atoms with Crippen molar-refractivity contribution in [2.24, 2.45) is 0 Å². The number of hydrazine groups is 1. The molecule has 0 amide bonds. The van der Waals surface area contributed by atoms with Crippen molar-refractivity contribution in [1.29, 1.82) is 0 Å². The van der Waals surface area contributed by atoms with Gasteiger partial charge in [0.05, 0.1) is 13.2 Å². The SMILES string of the molecule is CC#CNC(NN1CCOCC1)Oc1ccccc1. The van der Waals surface area contributed by atoms with E-state index in [9.17, 15) is 0 Å². The Hall–Kier alpha value is -1.74. The maximum Gasteiger partial charge on any atom is 0.246 e. The zero-order valence-electron chi connectivity index (χ0n) is 11.1. The van der Waals surface area contributed by atoms with Crippen LogP contribution in [0, 0.1) is 12.0 Å². The molecule has 0 radical (unpaired) electrons. The standard InChI is InChI=1S/C14H19N3O2/c1-2-8-15-14(16-17-9-11-18-12-10-17)19-13-6-4-3-5-7-13/h3-7,14-16H,9-12H2,1H3. The first-order valence-electron chi connectivity index (χ1n) is 6.36. The molecule has 2 N–H and O–H groups in total. The zero-order chi connectivity index (χ0) is 13.3. The Balaban J connectivity index is 1.92. The summed E-state index contributed by atoms with van der Waals surface area (Å²) in [7, 11) is 0.